The van der Waals surface area contributed by atoms with Crippen molar-refractivity contribution >= 4 is 23.1 Å². The second kappa shape index (κ2) is 11.1. The van der Waals surface area contributed by atoms with Gasteiger partial charge in [-0.1, -0.05) is 0 Å². The number of nitrogens with one attached hydrogen (secondary N) is 2. The lowest BCUT2D eigenvalue weighted by Gasteiger charge is -2.14. The molecule has 4 rings (SSSR count). The number of carbonyl (C=O) groups excluding carboxylic acids is 1. The molecule has 4 heterocycles. The maximum absolute atomic E-state index is 12.9. The largest absolute Gasteiger partial charge is 0.367 e. The van der Waals surface area contributed by atoms with E-state index in [1.54, 1.807) is 6.07 Å². The van der Waals surface area contributed by atoms with Gasteiger partial charge in [-0.25, -0.2) is 22.7 Å². The molecule has 31 heavy (non-hydrogen) atoms. The highest BCUT2D eigenvalue weighted by molar-refractivity contribution is 6.04. The number of aromatic nitrogens is 5. The molecule has 168 valence electrons. The molecule has 0 unspecified atom stereocenters. The first kappa shape index (κ1) is 23.9. The molecule has 1 fully saturated rings. The van der Waals surface area contributed by atoms with Crippen molar-refractivity contribution < 1.29 is 18.0 Å². The average molecular weight is 438 g/mol. The first-order valence-electron chi connectivity index (χ1n) is 9.43. The van der Waals surface area contributed by atoms with Crippen molar-refractivity contribution in [1.82, 2.24) is 29.7 Å². The van der Waals surface area contributed by atoms with Gasteiger partial charge in [0.15, 0.2) is 5.69 Å². The van der Waals surface area contributed by atoms with Crippen LogP contribution in [-0.2, 0) is 7.05 Å². The predicted molar refractivity (Wildman–Crippen MR) is 112 cm³/mol. The molecule has 1 saturated heterocycles. The maximum Gasteiger partial charge on any atom is 0.284 e. The van der Waals surface area contributed by atoms with Gasteiger partial charge in [-0.15, -0.1) is 18.3 Å². The van der Waals surface area contributed by atoms with Crippen LogP contribution in [0.2, 0.25) is 0 Å². The zero-order chi connectivity index (χ0) is 23.0. The van der Waals surface area contributed by atoms with Crippen LogP contribution in [-0.4, -0.2) is 49.5 Å². The average Bonchev–Trinajstić information content (AvgIpc) is 3.33. The summed E-state index contributed by atoms with van der Waals surface area (Å²) in [6.07, 6.45) is 1.15. The monoisotopic (exact) mass is 438 g/mol. The van der Waals surface area contributed by atoms with Crippen LogP contribution in [0.1, 0.15) is 35.4 Å². The number of halogens is 3. The number of hydrogen-bond donors (Lipinski definition) is 3. The van der Waals surface area contributed by atoms with Crippen LogP contribution in [0, 0.1) is 0 Å². The molecule has 1 amide bonds. The summed E-state index contributed by atoms with van der Waals surface area (Å²) in [6, 6.07) is 3.11. The summed E-state index contributed by atoms with van der Waals surface area (Å²) in [7, 11) is 1.49. The molecule has 0 aliphatic carbocycles. The number of hydrogen-bond acceptors (Lipinski definition) is 6. The topological polar surface area (TPSA) is 115 Å². The zero-order valence-corrected chi connectivity index (χ0v) is 17.1. The molecular weight excluding hydrogens is 413 g/mol. The zero-order valence-electron chi connectivity index (χ0n) is 17.1. The van der Waals surface area contributed by atoms with Gasteiger partial charge in [0.1, 0.15) is 11.9 Å². The second-order valence-electron chi connectivity index (χ2n) is 6.47. The number of nitrogens with two attached hydrogens (primary N) is 1. The van der Waals surface area contributed by atoms with E-state index in [-0.39, 0.29) is 17.3 Å². The Hall–Kier alpha value is -3.41. The van der Waals surface area contributed by atoms with Gasteiger partial charge in [0, 0.05) is 19.8 Å². The highest BCUT2D eigenvalue weighted by atomic mass is 19.3. The number of fused-ring (bicyclic) bond motifs is 1. The summed E-state index contributed by atoms with van der Waals surface area (Å²) in [5.41, 5.74) is 5.64. The Labute approximate surface area is 177 Å². The van der Waals surface area contributed by atoms with Crippen molar-refractivity contribution in [2.75, 3.05) is 24.1 Å². The van der Waals surface area contributed by atoms with Crippen molar-refractivity contribution in [2.24, 2.45) is 7.05 Å². The number of nitrogen functional groups attached to an aromatic ring is 1. The maximum atomic E-state index is 12.9. The lowest BCUT2D eigenvalue weighted by atomic mass is 10.1. The van der Waals surface area contributed by atoms with Crippen molar-refractivity contribution in [2.45, 2.75) is 25.4 Å². The molecule has 1 aliphatic heterocycles. The van der Waals surface area contributed by atoms with Crippen molar-refractivity contribution in [3.63, 3.8) is 0 Å². The standard InChI is InChI=1S/C12H11F2N7O.C5H10FN.C2H4/c1-20-5-7(9(18-20)10(13)14)17-11(22)8-3-2-6-4-16-12(15)19-21(6)8;6-5-2-1-3-7-4-5;1-2/h2-5,10H,1H3,(H2,15,19)(H,17,22);5,7H,1-4H2;1-2H2/t;5-;/m.1./s1. The number of amides is 1. The van der Waals surface area contributed by atoms with Crippen LogP contribution in [0.15, 0.2) is 37.7 Å². The number of aryl methyl sites for hydroxylation is 1. The van der Waals surface area contributed by atoms with Gasteiger partial charge < -0.3 is 16.4 Å². The Kier molecular flexibility index (Phi) is 8.55. The Bertz CT molecular complexity index is 997. The molecule has 0 saturated carbocycles. The minimum Gasteiger partial charge on any atom is -0.367 e. The lowest BCUT2D eigenvalue weighted by Crippen LogP contribution is -2.30. The molecule has 3 aromatic heterocycles. The van der Waals surface area contributed by atoms with Crippen LogP contribution >= 0.6 is 0 Å². The third kappa shape index (κ3) is 6.28. The number of alkyl halides is 3. The van der Waals surface area contributed by atoms with E-state index >= 15 is 0 Å². The molecule has 4 N–H and O–H groups in total. The van der Waals surface area contributed by atoms with E-state index in [9.17, 15) is 18.0 Å². The van der Waals surface area contributed by atoms with Gasteiger partial charge in [0.2, 0.25) is 5.95 Å². The number of rotatable bonds is 3. The fourth-order valence-electron chi connectivity index (χ4n) is 2.85. The molecule has 9 nitrogen and oxygen atoms in total. The number of nitrogens with zero attached hydrogens (tertiary/aromatic N) is 5. The predicted octanol–water partition coefficient (Wildman–Crippen LogP) is 2.75. The second-order valence-corrected chi connectivity index (χ2v) is 6.47. The van der Waals surface area contributed by atoms with Crippen molar-refractivity contribution in [3.8, 4) is 0 Å². The van der Waals surface area contributed by atoms with Gasteiger partial charge >= 0.3 is 0 Å². The van der Waals surface area contributed by atoms with Gasteiger partial charge in [0.25, 0.3) is 12.3 Å². The summed E-state index contributed by atoms with van der Waals surface area (Å²) in [6.45, 7) is 7.57. The first-order valence-corrected chi connectivity index (χ1v) is 9.43. The van der Waals surface area contributed by atoms with Crippen LogP contribution in [0.4, 0.5) is 24.8 Å². The summed E-state index contributed by atoms with van der Waals surface area (Å²) in [4.78, 5) is 16.1. The molecule has 0 aromatic carbocycles. The van der Waals surface area contributed by atoms with Crippen LogP contribution in [0.5, 0.6) is 0 Å². The Morgan fingerprint density at radius 2 is 2.10 bits per heavy atom. The molecule has 3 aromatic rings. The number of piperidine rings is 1. The summed E-state index contributed by atoms with van der Waals surface area (Å²) in [5.74, 6) is -0.611. The number of anilines is 2. The highest BCUT2D eigenvalue weighted by Crippen LogP contribution is 2.25. The quantitative estimate of drug-likeness (QED) is 0.542. The Balaban J connectivity index is 0.000000319. The smallest absolute Gasteiger partial charge is 0.284 e. The number of carbonyl (C=O) groups is 1. The third-order valence-corrected chi connectivity index (χ3v) is 4.20. The summed E-state index contributed by atoms with van der Waals surface area (Å²) in [5, 5.41) is 12.9. The molecular formula is C19H25F3N8O. The highest BCUT2D eigenvalue weighted by Gasteiger charge is 2.21. The lowest BCUT2D eigenvalue weighted by molar-refractivity contribution is 0.101. The fourth-order valence-corrected chi connectivity index (χ4v) is 2.85. The Morgan fingerprint density at radius 1 is 1.35 bits per heavy atom. The molecule has 0 radical (unpaired) electrons. The SMILES string of the molecule is C=C.Cn1cc(NC(=O)c2ccc3cnc(N)nn23)c(C(F)F)n1.F[C@@H]1CCCNC1. The first-order chi connectivity index (χ1) is 14.8. The van der Waals surface area contributed by atoms with Crippen LogP contribution in [0.25, 0.3) is 5.52 Å². The van der Waals surface area contributed by atoms with E-state index in [1.807, 2.05) is 0 Å². The van der Waals surface area contributed by atoms with E-state index < -0.39 is 24.2 Å². The van der Waals surface area contributed by atoms with E-state index in [4.69, 9.17) is 5.73 Å². The minimum absolute atomic E-state index is 0.00704. The van der Waals surface area contributed by atoms with E-state index in [2.05, 4.69) is 39.0 Å². The van der Waals surface area contributed by atoms with Crippen LogP contribution < -0.4 is 16.4 Å². The molecule has 1 aliphatic rings. The molecule has 0 spiro atoms. The third-order valence-electron chi connectivity index (χ3n) is 4.20. The summed E-state index contributed by atoms with van der Waals surface area (Å²) < 4.78 is 40.4. The normalized spacial score (nSPS) is 15.6. The molecule has 0 bridgehead atoms. The fraction of sp³-hybridized carbons (Fsp3) is 0.368. The summed E-state index contributed by atoms with van der Waals surface area (Å²) >= 11 is 0. The molecule has 12 heteroatoms. The van der Waals surface area contributed by atoms with E-state index in [0.717, 1.165) is 19.4 Å². The van der Waals surface area contributed by atoms with Gasteiger partial charge in [-0.2, -0.15) is 5.10 Å². The minimum atomic E-state index is -2.79. The van der Waals surface area contributed by atoms with Crippen LogP contribution in [0.3, 0.4) is 0 Å². The van der Waals surface area contributed by atoms with Gasteiger partial charge in [-0.05, 0) is 31.5 Å². The van der Waals surface area contributed by atoms with E-state index in [0.29, 0.717) is 12.1 Å². The van der Waals surface area contributed by atoms with Gasteiger partial charge in [-0.3, -0.25) is 9.48 Å². The Morgan fingerprint density at radius 3 is 2.68 bits per heavy atom. The van der Waals surface area contributed by atoms with Crippen molar-refractivity contribution in [3.05, 3.63) is 49.1 Å². The van der Waals surface area contributed by atoms with E-state index in [1.165, 1.54) is 34.7 Å². The van der Waals surface area contributed by atoms with Gasteiger partial charge in [0.05, 0.1) is 17.4 Å². The molecule has 1 atom stereocenters. The van der Waals surface area contributed by atoms with Crippen molar-refractivity contribution in [1.29, 1.82) is 0 Å².